The van der Waals surface area contributed by atoms with E-state index in [1.165, 1.54) is 29.7 Å². The van der Waals surface area contributed by atoms with Crippen molar-refractivity contribution in [2.24, 2.45) is 5.92 Å². The van der Waals surface area contributed by atoms with Crippen LogP contribution in [0.4, 0.5) is 0 Å². The predicted octanol–water partition coefficient (Wildman–Crippen LogP) is 3.44. The van der Waals surface area contributed by atoms with E-state index in [1.807, 2.05) is 6.20 Å². The van der Waals surface area contributed by atoms with Crippen molar-refractivity contribution < 1.29 is 0 Å². The molecule has 3 rings (SSSR count). The van der Waals surface area contributed by atoms with Crippen LogP contribution in [0.1, 0.15) is 24.6 Å². The van der Waals surface area contributed by atoms with Crippen LogP contribution in [0.15, 0.2) is 30.5 Å². The number of aryl methyl sites for hydroxylation is 1. The molecule has 0 bridgehead atoms. The molecule has 88 valence electrons. The Morgan fingerprint density at radius 1 is 1.35 bits per heavy atom. The second-order valence-electron chi connectivity index (χ2n) is 5.19. The lowest BCUT2D eigenvalue weighted by Gasteiger charge is -2.21. The molecule has 1 aliphatic heterocycles. The van der Waals surface area contributed by atoms with E-state index in [9.17, 15) is 0 Å². The second-order valence-corrected chi connectivity index (χ2v) is 5.19. The zero-order valence-corrected chi connectivity index (χ0v) is 10.5. The molecule has 0 N–H and O–H groups in total. The Labute approximate surface area is 102 Å². The number of rotatable bonds is 1. The van der Waals surface area contributed by atoms with E-state index in [0.29, 0.717) is 0 Å². The molecule has 0 saturated heterocycles. The van der Waals surface area contributed by atoms with Gasteiger partial charge in [-0.25, -0.2) is 4.98 Å². The van der Waals surface area contributed by atoms with Gasteiger partial charge in [0.15, 0.2) is 0 Å². The molecule has 0 spiro atoms. The smallest absolute Gasteiger partial charge is 0.140 e. The highest BCUT2D eigenvalue weighted by atomic mass is 15.1. The van der Waals surface area contributed by atoms with Gasteiger partial charge in [0.1, 0.15) is 5.82 Å². The van der Waals surface area contributed by atoms with Crippen LogP contribution in [0.5, 0.6) is 0 Å². The Bertz CT molecular complexity index is 540. The van der Waals surface area contributed by atoms with Crippen LogP contribution in [0.3, 0.4) is 0 Å². The first-order chi connectivity index (χ1) is 8.24. The van der Waals surface area contributed by atoms with Gasteiger partial charge >= 0.3 is 0 Å². The highest BCUT2D eigenvalue weighted by Crippen LogP contribution is 2.27. The summed E-state index contributed by atoms with van der Waals surface area (Å²) < 4.78 is 2.38. The summed E-state index contributed by atoms with van der Waals surface area (Å²) in [5.74, 6) is 1.93. The second kappa shape index (κ2) is 4.02. The minimum Gasteiger partial charge on any atom is -0.328 e. The zero-order valence-electron chi connectivity index (χ0n) is 10.5. The van der Waals surface area contributed by atoms with Crippen LogP contribution in [-0.4, -0.2) is 9.55 Å². The summed E-state index contributed by atoms with van der Waals surface area (Å²) in [6.07, 6.45) is 4.48. The summed E-state index contributed by atoms with van der Waals surface area (Å²) in [4.78, 5) is 4.61. The Kier molecular flexibility index (Phi) is 2.50. The van der Waals surface area contributed by atoms with Crippen molar-refractivity contribution in [3.63, 3.8) is 0 Å². The van der Waals surface area contributed by atoms with Gasteiger partial charge in [0, 0.05) is 24.0 Å². The molecule has 2 heterocycles. The van der Waals surface area contributed by atoms with Gasteiger partial charge in [-0.05, 0) is 31.7 Å². The molecular formula is C15H18N2. The Balaban J connectivity index is 2.05. The van der Waals surface area contributed by atoms with E-state index >= 15 is 0 Å². The largest absolute Gasteiger partial charge is 0.328 e. The molecule has 2 heteroatoms. The molecule has 1 aliphatic rings. The van der Waals surface area contributed by atoms with Crippen LogP contribution in [0.25, 0.3) is 11.4 Å². The van der Waals surface area contributed by atoms with Crippen molar-refractivity contribution in [1.82, 2.24) is 9.55 Å². The van der Waals surface area contributed by atoms with E-state index in [1.54, 1.807) is 0 Å². The predicted molar refractivity (Wildman–Crippen MR) is 69.9 cm³/mol. The fourth-order valence-corrected chi connectivity index (χ4v) is 2.65. The van der Waals surface area contributed by atoms with Crippen molar-refractivity contribution in [1.29, 1.82) is 0 Å². The lowest BCUT2D eigenvalue weighted by atomic mass is 9.98. The van der Waals surface area contributed by atoms with Gasteiger partial charge in [-0.1, -0.05) is 30.7 Å². The molecule has 0 saturated carbocycles. The first-order valence-corrected chi connectivity index (χ1v) is 6.35. The number of aromatic nitrogens is 2. The average Bonchev–Trinajstić information content (AvgIpc) is 2.71. The molecule has 1 unspecified atom stereocenters. The molecule has 0 aliphatic carbocycles. The number of nitrogens with zero attached hydrogens (tertiary/aromatic N) is 2. The summed E-state index contributed by atoms with van der Waals surface area (Å²) in [5.41, 5.74) is 3.93. The van der Waals surface area contributed by atoms with Crippen molar-refractivity contribution in [3.05, 3.63) is 41.7 Å². The standard InChI is InChI=1S/C15H18N2/c1-11-4-3-5-13(8-11)15-16-10-14-9-12(2)6-7-17(14)15/h3-5,8,10,12H,6-7,9H2,1-2H3. The van der Waals surface area contributed by atoms with Crippen LogP contribution < -0.4 is 0 Å². The van der Waals surface area contributed by atoms with Gasteiger partial charge in [0.05, 0.1) is 0 Å². The third kappa shape index (κ3) is 1.88. The molecule has 1 atom stereocenters. The summed E-state index contributed by atoms with van der Waals surface area (Å²) in [6, 6.07) is 8.61. The number of hydrogen-bond donors (Lipinski definition) is 0. The number of imidazole rings is 1. The lowest BCUT2D eigenvalue weighted by molar-refractivity contribution is 0.419. The van der Waals surface area contributed by atoms with Gasteiger partial charge < -0.3 is 4.57 Å². The highest BCUT2D eigenvalue weighted by molar-refractivity contribution is 5.57. The van der Waals surface area contributed by atoms with Crippen LogP contribution in [0.2, 0.25) is 0 Å². The number of hydrogen-bond acceptors (Lipinski definition) is 1. The van der Waals surface area contributed by atoms with E-state index in [2.05, 4.69) is 47.7 Å². The quantitative estimate of drug-likeness (QED) is 0.728. The van der Waals surface area contributed by atoms with Gasteiger partial charge in [-0.3, -0.25) is 0 Å². The van der Waals surface area contributed by atoms with Crippen LogP contribution >= 0.6 is 0 Å². The van der Waals surface area contributed by atoms with Crippen molar-refractivity contribution in [2.75, 3.05) is 0 Å². The SMILES string of the molecule is Cc1cccc(-c2ncc3n2CCC(C)C3)c1. The molecule has 2 aromatic rings. The summed E-state index contributed by atoms with van der Waals surface area (Å²) in [6.45, 7) is 5.56. The molecule has 0 radical (unpaired) electrons. The molecule has 0 fully saturated rings. The molecule has 0 amide bonds. The summed E-state index contributed by atoms with van der Waals surface area (Å²) in [7, 11) is 0. The maximum Gasteiger partial charge on any atom is 0.140 e. The fraction of sp³-hybridized carbons (Fsp3) is 0.400. The van der Waals surface area contributed by atoms with Gasteiger partial charge in [-0.15, -0.1) is 0 Å². The third-order valence-electron chi connectivity index (χ3n) is 3.62. The normalized spacial score (nSPS) is 19.1. The van der Waals surface area contributed by atoms with Gasteiger partial charge in [0.25, 0.3) is 0 Å². The van der Waals surface area contributed by atoms with E-state index in [4.69, 9.17) is 0 Å². The van der Waals surface area contributed by atoms with E-state index in [-0.39, 0.29) is 0 Å². The van der Waals surface area contributed by atoms with Crippen molar-refractivity contribution in [2.45, 2.75) is 33.2 Å². The zero-order chi connectivity index (χ0) is 11.8. The van der Waals surface area contributed by atoms with E-state index in [0.717, 1.165) is 18.3 Å². The Morgan fingerprint density at radius 2 is 2.24 bits per heavy atom. The maximum absolute atomic E-state index is 4.61. The van der Waals surface area contributed by atoms with Crippen molar-refractivity contribution in [3.8, 4) is 11.4 Å². The van der Waals surface area contributed by atoms with Gasteiger partial charge in [-0.2, -0.15) is 0 Å². The van der Waals surface area contributed by atoms with Crippen LogP contribution in [0, 0.1) is 12.8 Å². The Morgan fingerprint density at radius 3 is 3.06 bits per heavy atom. The molecule has 17 heavy (non-hydrogen) atoms. The van der Waals surface area contributed by atoms with E-state index < -0.39 is 0 Å². The van der Waals surface area contributed by atoms with Gasteiger partial charge in [0.2, 0.25) is 0 Å². The van der Waals surface area contributed by atoms with Crippen molar-refractivity contribution >= 4 is 0 Å². The molecule has 1 aromatic heterocycles. The Hall–Kier alpha value is -1.57. The fourth-order valence-electron chi connectivity index (χ4n) is 2.65. The monoisotopic (exact) mass is 226 g/mol. The third-order valence-corrected chi connectivity index (χ3v) is 3.62. The number of fused-ring (bicyclic) bond motifs is 1. The van der Waals surface area contributed by atoms with Crippen LogP contribution in [-0.2, 0) is 13.0 Å². The lowest BCUT2D eigenvalue weighted by Crippen LogP contribution is -2.17. The molecular weight excluding hydrogens is 208 g/mol. The highest BCUT2D eigenvalue weighted by Gasteiger charge is 2.19. The number of benzene rings is 1. The minimum absolute atomic E-state index is 0.796. The topological polar surface area (TPSA) is 17.8 Å². The molecule has 1 aromatic carbocycles. The molecule has 2 nitrogen and oxygen atoms in total. The minimum atomic E-state index is 0.796. The maximum atomic E-state index is 4.61. The first kappa shape index (κ1) is 10.6. The average molecular weight is 226 g/mol. The summed E-state index contributed by atoms with van der Waals surface area (Å²) in [5, 5.41) is 0. The first-order valence-electron chi connectivity index (χ1n) is 6.35. The summed E-state index contributed by atoms with van der Waals surface area (Å²) >= 11 is 0.